The third kappa shape index (κ3) is 3.04. The van der Waals surface area contributed by atoms with E-state index in [1.165, 1.54) is 0 Å². The van der Waals surface area contributed by atoms with E-state index in [-0.39, 0.29) is 5.54 Å². The van der Waals surface area contributed by atoms with Crippen LogP contribution in [0.5, 0.6) is 0 Å². The number of nitrogens with zero attached hydrogens (tertiary/aromatic N) is 2. The highest BCUT2D eigenvalue weighted by Crippen LogP contribution is 2.25. The summed E-state index contributed by atoms with van der Waals surface area (Å²) in [6.45, 7) is 10.4. The van der Waals surface area contributed by atoms with Crippen molar-refractivity contribution in [2.24, 2.45) is 5.73 Å². The Balaban J connectivity index is 2.17. The van der Waals surface area contributed by atoms with Gasteiger partial charge in [-0.3, -0.25) is 9.69 Å². The maximum Gasteiger partial charge on any atom is 0.250 e. The van der Waals surface area contributed by atoms with Crippen molar-refractivity contribution in [3.05, 3.63) is 23.8 Å². The lowest BCUT2D eigenvalue weighted by Gasteiger charge is -2.43. The van der Waals surface area contributed by atoms with E-state index in [9.17, 15) is 4.79 Å². The minimum atomic E-state index is -0.425. The number of carbonyl (C=O) groups excluding carboxylic acids is 1. The summed E-state index contributed by atoms with van der Waals surface area (Å²) in [6.07, 6.45) is 0. The van der Waals surface area contributed by atoms with Crippen LogP contribution in [0.2, 0.25) is 0 Å². The molecular weight excluding hydrogens is 252 g/mol. The molecule has 0 atom stereocenters. The Morgan fingerprint density at radius 3 is 2.25 bits per heavy atom. The number of nitrogen functional groups attached to an aromatic ring is 1. The quantitative estimate of drug-likeness (QED) is 0.798. The van der Waals surface area contributed by atoms with Crippen LogP contribution < -0.4 is 16.4 Å². The predicted molar refractivity (Wildman–Crippen MR) is 82.9 cm³/mol. The first kappa shape index (κ1) is 14.7. The second-order valence-electron chi connectivity index (χ2n) is 6.29. The number of amides is 1. The molecule has 0 unspecified atom stereocenters. The van der Waals surface area contributed by atoms with Gasteiger partial charge in [0.05, 0.1) is 5.56 Å². The van der Waals surface area contributed by atoms with E-state index in [2.05, 4.69) is 30.6 Å². The lowest BCUT2D eigenvalue weighted by Crippen LogP contribution is -2.53. The van der Waals surface area contributed by atoms with Gasteiger partial charge < -0.3 is 16.4 Å². The Kier molecular flexibility index (Phi) is 3.90. The highest BCUT2D eigenvalue weighted by molar-refractivity contribution is 5.99. The second kappa shape index (κ2) is 5.32. The van der Waals surface area contributed by atoms with Gasteiger partial charge in [0.2, 0.25) is 0 Å². The van der Waals surface area contributed by atoms with Gasteiger partial charge in [-0.25, -0.2) is 0 Å². The van der Waals surface area contributed by atoms with Crippen molar-refractivity contribution >= 4 is 17.3 Å². The Bertz CT molecular complexity index is 499. The largest absolute Gasteiger partial charge is 0.399 e. The molecule has 110 valence electrons. The summed E-state index contributed by atoms with van der Waals surface area (Å²) in [6, 6.07) is 5.37. The molecule has 0 radical (unpaired) electrons. The summed E-state index contributed by atoms with van der Waals surface area (Å²) in [4.78, 5) is 16.2. The van der Waals surface area contributed by atoms with Gasteiger partial charge in [0, 0.05) is 43.1 Å². The zero-order valence-corrected chi connectivity index (χ0v) is 12.5. The zero-order valence-electron chi connectivity index (χ0n) is 12.5. The van der Waals surface area contributed by atoms with E-state index in [1.54, 1.807) is 6.07 Å². The monoisotopic (exact) mass is 276 g/mol. The second-order valence-corrected chi connectivity index (χ2v) is 6.29. The highest BCUT2D eigenvalue weighted by atomic mass is 16.1. The average Bonchev–Trinajstić information content (AvgIpc) is 2.37. The first-order valence-electron chi connectivity index (χ1n) is 6.98. The molecule has 2 rings (SSSR count). The predicted octanol–water partition coefficient (Wildman–Crippen LogP) is 1.29. The number of hydrogen-bond acceptors (Lipinski definition) is 4. The van der Waals surface area contributed by atoms with Gasteiger partial charge in [-0.2, -0.15) is 0 Å². The van der Waals surface area contributed by atoms with Crippen molar-refractivity contribution in [2.75, 3.05) is 36.8 Å². The van der Waals surface area contributed by atoms with E-state index in [1.807, 2.05) is 12.1 Å². The van der Waals surface area contributed by atoms with E-state index in [0.29, 0.717) is 11.3 Å². The first-order chi connectivity index (χ1) is 9.29. The number of hydrogen-bond donors (Lipinski definition) is 2. The van der Waals surface area contributed by atoms with Crippen LogP contribution in [-0.2, 0) is 0 Å². The fourth-order valence-electron chi connectivity index (χ4n) is 2.64. The molecule has 1 aliphatic heterocycles. The minimum Gasteiger partial charge on any atom is -0.399 e. The van der Waals surface area contributed by atoms with Gasteiger partial charge in [-0.15, -0.1) is 0 Å². The molecule has 0 bridgehead atoms. The van der Waals surface area contributed by atoms with Crippen LogP contribution >= 0.6 is 0 Å². The summed E-state index contributed by atoms with van der Waals surface area (Å²) in [5, 5.41) is 0. The summed E-state index contributed by atoms with van der Waals surface area (Å²) >= 11 is 0. The average molecular weight is 276 g/mol. The summed E-state index contributed by atoms with van der Waals surface area (Å²) in [5.74, 6) is -0.425. The standard InChI is InChI=1S/C15H24N4O/c1-15(2,3)19-8-6-18(7-9-19)13-5-4-11(16)10-12(13)14(17)20/h4-5,10H,6-9,16H2,1-3H3,(H2,17,20). The van der Waals surface area contributed by atoms with Gasteiger partial charge in [-0.1, -0.05) is 0 Å². The smallest absolute Gasteiger partial charge is 0.250 e. The van der Waals surface area contributed by atoms with Gasteiger partial charge in [0.15, 0.2) is 0 Å². The summed E-state index contributed by atoms with van der Waals surface area (Å²) < 4.78 is 0. The Morgan fingerprint density at radius 2 is 1.75 bits per heavy atom. The van der Waals surface area contributed by atoms with E-state index >= 15 is 0 Å². The molecule has 0 aliphatic carbocycles. The van der Waals surface area contributed by atoms with Crippen LogP contribution in [-0.4, -0.2) is 42.5 Å². The van der Waals surface area contributed by atoms with Crippen LogP contribution in [0.4, 0.5) is 11.4 Å². The van der Waals surface area contributed by atoms with Crippen molar-refractivity contribution in [1.29, 1.82) is 0 Å². The van der Waals surface area contributed by atoms with Crippen molar-refractivity contribution in [1.82, 2.24) is 4.90 Å². The molecule has 1 saturated heterocycles. The Labute approximate surface area is 120 Å². The van der Waals surface area contributed by atoms with Gasteiger partial charge in [-0.05, 0) is 39.0 Å². The summed E-state index contributed by atoms with van der Waals surface area (Å²) in [7, 11) is 0. The molecule has 1 heterocycles. The Morgan fingerprint density at radius 1 is 1.15 bits per heavy atom. The molecule has 5 heteroatoms. The van der Waals surface area contributed by atoms with Crippen LogP contribution in [0.25, 0.3) is 0 Å². The van der Waals surface area contributed by atoms with Crippen molar-refractivity contribution in [3.8, 4) is 0 Å². The molecule has 5 nitrogen and oxygen atoms in total. The third-order valence-electron chi connectivity index (χ3n) is 3.86. The number of primary amides is 1. The minimum absolute atomic E-state index is 0.180. The van der Waals surface area contributed by atoms with E-state index in [4.69, 9.17) is 11.5 Å². The molecule has 1 aromatic rings. The zero-order chi connectivity index (χ0) is 14.9. The molecule has 1 aromatic carbocycles. The number of rotatable bonds is 2. The SMILES string of the molecule is CC(C)(C)N1CCN(c2ccc(N)cc2C(N)=O)CC1. The fourth-order valence-corrected chi connectivity index (χ4v) is 2.64. The topological polar surface area (TPSA) is 75.6 Å². The number of piperazine rings is 1. The maximum absolute atomic E-state index is 11.6. The molecule has 1 fully saturated rings. The van der Waals surface area contributed by atoms with Crippen LogP contribution in [0.3, 0.4) is 0 Å². The van der Waals surface area contributed by atoms with Crippen molar-refractivity contribution < 1.29 is 4.79 Å². The van der Waals surface area contributed by atoms with Crippen molar-refractivity contribution in [3.63, 3.8) is 0 Å². The van der Waals surface area contributed by atoms with E-state index in [0.717, 1.165) is 31.9 Å². The molecule has 0 spiro atoms. The molecule has 4 N–H and O–H groups in total. The molecule has 20 heavy (non-hydrogen) atoms. The molecule has 0 saturated carbocycles. The van der Waals surface area contributed by atoms with Crippen LogP contribution in [0.15, 0.2) is 18.2 Å². The first-order valence-corrected chi connectivity index (χ1v) is 6.98. The number of nitrogens with two attached hydrogens (primary N) is 2. The maximum atomic E-state index is 11.6. The van der Waals surface area contributed by atoms with Gasteiger partial charge in [0.25, 0.3) is 5.91 Å². The molecule has 1 aliphatic rings. The number of anilines is 2. The lowest BCUT2D eigenvalue weighted by molar-refractivity contribution is 0.0999. The lowest BCUT2D eigenvalue weighted by atomic mass is 10.0. The number of benzene rings is 1. The van der Waals surface area contributed by atoms with Crippen molar-refractivity contribution in [2.45, 2.75) is 26.3 Å². The van der Waals surface area contributed by atoms with Gasteiger partial charge >= 0.3 is 0 Å². The molecule has 1 amide bonds. The normalized spacial score (nSPS) is 17.2. The Hall–Kier alpha value is -1.75. The molecule has 0 aromatic heterocycles. The van der Waals surface area contributed by atoms with E-state index < -0.39 is 5.91 Å². The molecular formula is C15H24N4O. The summed E-state index contributed by atoms with van der Waals surface area (Å²) in [5.41, 5.74) is 13.3. The number of carbonyl (C=O) groups is 1. The highest BCUT2D eigenvalue weighted by Gasteiger charge is 2.27. The third-order valence-corrected chi connectivity index (χ3v) is 3.86. The van der Waals surface area contributed by atoms with Crippen LogP contribution in [0, 0.1) is 0 Å². The van der Waals surface area contributed by atoms with Gasteiger partial charge in [0.1, 0.15) is 0 Å². The van der Waals surface area contributed by atoms with Crippen LogP contribution in [0.1, 0.15) is 31.1 Å². The fraction of sp³-hybridized carbons (Fsp3) is 0.533.